The molecule has 4 nitrogen and oxygen atoms in total. The van der Waals surface area contributed by atoms with Gasteiger partial charge in [-0.15, -0.1) is 0 Å². The maximum atomic E-state index is 11.5. The van der Waals surface area contributed by atoms with Crippen LogP contribution >= 0.6 is 0 Å². The molecule has 2 unspecified atom stereocenters. The molecule has 1 aliphatic heterocycles. The van der Waals surface area contributed by atoms with E-state index in [0.717, 1.165) is 5.69 Å². The molecule has 0 bridgehead atoms. The van der Waals surface area contributed by atoms with Gasteiger partial charge in [0.2, 0.25) is 0 Å². The Bertz CT molecular complexity index is 470. The highest BCUT2D eigenvalue weighted by Gasteiger charge is 2.48. The number of rotatable bonds is 2. The summed E-state index contributed by atoms with van der Waals surface area (Å²) in [5.41, 5.74) is 0.933. The van der Waals surface area contributed by atoms with Gasteiger partial charge in [0.25, 0.3) is 0 Å². The molecule has 0 fully saturated rings. The van der Waals surface area contributed by atoms with Crippen LogP contribution in [0.4, 0.5) is 5.69 Å². The number of fused-ring (bicyclic) bond motifs is 1. The van der Waals surface area contributed by atoms with Crippen LogP contribution in [0.5, 0.6) is 5.75 Å². The molecule has 0 aromatic heterocycles. The largest absolute Gasteiger partial charge is 0.508 e. The molecule has 2 atom stereocenters. The zero-order valence-electron chi connectivity index (χ0n) is 10.2. The average Bonchev–Trinajstić information content (AvgIpc) is 2.51. The summed E-state index contributed by atoms with van der Waals surface area (Å²) in [6.45, 7) is 5.90. The maximum Gasteiger partial charge on any atom is 0.313 e. The van der Waals surface area contributed by atoms with Crippen molar-refractivity contribution in [3.63, 3.8) is 0 Å². The van der Waals surface area contributed by atoms with Crippen LogP contribution in [-0.4, -0.2) is 21.7 Å². The highest BCUT2D eigenvalue weighted by atomic mass is 16.4. The van der Waals surface area contributed by atoms with Crippen molar-refractivity contribution >= 4 is 11.7 Å². The van der Waals surface area contributed by atoms with Crippen LogP contribution in [0.1, 0.15) is 32.3 Å². The van der Waals surface area contributed by atoms with E-state index >= 15 is 0 Å². The number of anilines is 1. The fourth-order valence-electron chi connectivity index (χ4n) is 2.46. The Morgan fingerprint density at radius 2 is 2.12 bits per heavy atom. The molecule has 0 radical (unpaired) electrons. The smallest absolute Gasteiger partial charge is 0.313 e. The van der Waals surface area contributed by atoms with E-state index in [-0.39, 0.29) is 11.7 Å². The Hall–Kier alpha value is -1.71. The first-order valence-corrected chi connectivity index (χ1v) is 5.70. The first kappa shape index (κ1) is 11.8. The summed E-state index contributed by atoms with van der Waals surface area (Å²) in [6, 6.07) is 4.83. The molecular weight excluding hydrogens is 218 g/mol. The summed E-state index contributed by atoms with van der Waals surface area (Å²) in [5, 5.41) is 22.2. The molecule has 0 saturated carbocycles. The van der Waals surface area contributed by atoms with Gasteiger partial charge >= 0.3 is 5.97 Å². The van der Waals surface area contributed by atoms with Gasteiger partial charge < -0.3 is 15.5 Å². The van der Waals surface area contributed by atoms with Crippen molar-refractivity contribution < 1.29 is 15.0 Å². The van der Waals surface area contributed by atoms with Crippen molar-refractivity contribution in [2.75, 3.05) is 5.32 Å². The van der Waals surface area contributed by atoms with Crippen molar-refractivity contribution in [1.29, 1.82) is 0 Å². The number of hydrogen-bond donors (Lipinski definition) is 3. The molecule has 0 spiro atoms. The van der Waals surface area contributed by atoms with Crippen molar-refractivity contribution in [3.8, 4) is 5.75 Å². The van der Waals surface area contributed by atoms with Crippen molar-refractivity contribution in [3.05, 3.63) is 23.8 Å². The number of carbonyl (C=O) groups is 1. The molecule has 0 saturated heterocycles. The standard InChI is InChI=1S/C13H17NO3/c1-7(2)13(3)11(12(16)17)9-6-8(15)4-5-10(9)14-13/h4-7,11,14-15H,1-3H3,(H,16,17). The lowest BCUT2D eigenvalue weighted by Gasteiger charge is -2.34. The van der Waals surface area contributed by atoms with Crippen molar-refractivity contribution in [2.45, 2.75) is 32.2 Å². The number of aliphatic carboxylic acids is 1. The number of carboxylic acids is 1. The molecule has 4 heteroatoms. The van der Waals surface area contributed by atoms with E-state index in [2.05, 4.69) is 5.32 Å². The number of carboxylic acid groups (broad SMARTS) is 1. The van der Waals surface area contributed by atoms with Gasteiger partial charge in [-0.05, 0) is 36.6 Å². The van der Waals surface area contributed by atoms with Crippen LogP contribution in [0.2, 0.25) is 0 Å². The Morgan fingerprint density at radius 1 is 1.47 bits per heavy atom. The topological polar surface area (TPSA) is 69.6 Å². The van der Waals surface area contributed by atoms with E-state index in [0.29, 0.717) is 5.56 Å². The van der Waals surface area contributed by atoms with Gasteiger partial charge in [-0.1, -0.05) is 13.8 Å². The Labute approximate surface area is 100 Å². The van der Waals surface area contributed by atoms with E-state index in [4.69, 9.17) is 0 Å². The van der Waals surface area contributed by atoms with E-state index in [1.807, 2.05) is 20.8 Å². The molecule has 3 N–H and O–H groups in total. The number of phenols is 1. The number of hydrogen-bond acceptors (Lipinski definition) is 3. The van der Waals surface area contributed by atoms with Crippen LogP contribution in [0, 0.1) is 5.92 Å². The summed E-state index contributed by atoms with van der Waals surface area (Å²) >= 11 is 0. The van der Waals surface area contributed by atoms with Gasteiger partial charge in [0, 0.05) is 5.69 Å². The lowest BCUT2D eigenvalue weighted by molar-refractivity contribution is -0.140. The average molecular weight is 235 g/mol. The molecule has 2 rings (SSSR count). The van der Waals surface area contributed by atoms with Crippen LogP contribution in [-0.2, 0) is 4.79 Å². The highest BCUT2D eigenvalue weighted by molar-refractivity contribution is 5.85. The summed E-state index contributed by atoms with van der Waals surface area (Å²) < 4.78 is 0. The molecule has 1 aromatic rings. The third kappa shape index (κ3) is 1.64. The third-order valence-corrected chi connectivity index (χ3v) is 3.80. The number of benzene rings is 1. The number of nitrogens with one attached hydrogen (secondary N) is 1. The minimum atomic E-state index is -0.863. The Morgan fingerprint density at radius 3 is 2.65 bits per heavy atom. The first-order valence-electron chi connectivity index (χ1n) is 5.70. The van der Waals surface area contributed by atoms with E-state index in [9.17, 15) is 15.0 Å². The quantitative estimate of drug-likeness (QED) is 0.688. The number of phenolic OH excluding ortho intramolecular Hbond substituents is 1. The fourth-order valence-corrected chi connectivity index (χ4v) is 2.46. The second-order valence-electron chi connectivity index (χ2n) is 5.11. The molecular formula is C13H17NO3. The minimum Gasteiger partial charge on any atom is -0.508 e. The SMILES string of the molecule is CC(C)C1(C)Nc2ccc(O)cc2C1C(=O)O. The van der Waals surface area contributed by atoms with Crippen molar-refractivity contribution in [1.82, 2.24) is 0 Å². The van der Waals surface area contributed by atoms with Gasteiger partial charge in [0.05, 0.1) is 5.54 Å². The summed E-state index contributed by atoms with van der Waals surface area (Å²) in [7, 11) is 0. The molecule has 0 aliphatic carbocycles. The molecule has 1 aliphatic rings. The zero-order valence-corrected chi connectivity index (χ0v) is 10.2. The third-order valence-electron chi connectivity index (χ3n) is 3.80. The van der Waals surface area contributed by atoms with Crippen LogP contribution in [0.25, 0.3) is 0 Å². The normalized spacial score (nSPS) is 26.7. The van der Waals surface area contributed by atoms with Gasteiger partial charge in [0.1, 0.15) is 11.7 Å². The fraction of sp³-hybridized carbons (Fsp3) is 0.462. The van der Waals surface area contributed by atoms with Crippen molar-refractivity contribution in [2.24, 2.45) is 5.92 Å². The second kappa shape index (κ2) is 3.65. The molecule has 1 aromatic carbocycles. The zero-order chi connectivity index (χ0) is 12.8. The van der Waals surface area contributed by atoms with E-state index in [1.54, 1.807) is 12.1 Å². The van der Waals surface area contributed by atoms with E-state index in [1.165, 1.54) is 6.07 Å². The molecule has 0 amide bonds. The monoisotopic (exact) mass is 235 g/mol. The molecule has 17 heavy (non-hydrogen) atoms. The van der Waals surface area contributed by atoms with E-state index < -0.39 is 17.4 Å². The Balaban J connectivity index is 2.57. The summed E-state index contributed by atoms with van der Waals surface area (Å²) in [4.78, 5) is 11.5. The van der Waals surface area contributed by atoms with Gasteiger partial charge in [-0.2, -0.15) is 0 Å². The van der Waals surface area contributed by atoms with Gasteiger partial charge in [-0.3, -0.25) is 4.79 Å². The lowest BCUT2D eigenvalue weighted by atomic mass is 9.76. The minimum absolute atomic E-state index is 0.102. The number of aromatic hydroxyl groups is 1. The van der Waals surface area contributed by atoms with Gasteiger partial charge in [0.15, 0.2) is 0 Å². The molecule has 92 valence electrons. The Kier molecular flexibility index (Phi) is 2.53. The highest BCUT2D eigenvalue weighted by Crippen LogP contribution is 2.47. The summed E-state index contributed by atoms with van der Waals surface area (Å²) in [6.07, 6.45) is 0. The van der Waals surface area contributed by atoms with Crippen LogP contribution in [0.3, 0.4) is 0 Å². The predicted octanol–water partition coefficient (Wildman–Crippen LogP) is 2.40. The molecule has 1 heterocycles. The first-order chi connectivity index (χ1) is 7.86. The lowest BCUT2D eigenvalue weighted by Crippen LogP contribution is -2.44. The van der Waals surface area contributed by atoms with Crippen LogP contribution in [0.15, 0.2) is 18.2 Å². The summed E-state index contributed by atoms with van der Waals surface area (Å²) in [5.74, 6) is -1.23. The van der Waals surface area contributed by atoms with Gasteiger partial charge in [-0.25, -0.2) is 0 Å². The van der Waals surface area contributed by atoms with Crippen LogP contribution < -0.4 is 5.32 Å². The predicted molar refractivity (Wildman–Crippen MR) is 65.3 cm³/mol. The maximum absolute atomic E-state index is 11.5. The second-order valence-corrected chi connectivity index (χ2v) is 5.11.